The first kappa shape index (κ1) is 50.1. The largest absolute Gasteiger partial charge is 0.457 e. The van der Waals surface area contributed by atoms with E-state index < -0.39 is 89.4 Å². The Morgan fingerprint density at radius 3 is 1.49 bits per heavy atom. The van der Waals surface area contributed by atoms with Crippen molar-refractivity contribution in [2.75, 3.05) is 0 Å². The highest BCUT2D eigenvalue weighted by Gasteiger charge is 2.52. The molecule has 9 N–H and O–H groups in total. The van der Waals surface area contributed by atoms with Crippen molar-refractivity contribution in [2.24, 2.45) is 5.73 Å². The molecule has 4 amide bonds. The minimum Gasteiger partial charge on any atom is -0.457 e. The zero-order valence-corrected chi connectivity index (χ0v) is 37.1. The maximum Gasteiger partial charge on any atom is 0.408 e. The number of rotatable bonds is 13. The van der Waals surface area contributed by atoms with Crippen molar-refractivity contribution in [1.29, 1.82) is 0 Å². The van der Waals surface area contributed by atoms with Crippen LogP contribution in [0.4, 0.5) is 14.4 Å². The van der Waals surface area contributed by atoms with Crippen molar-refractivity contribution < 1.29 is 72.9 Å². The summed E-state index contributed by atoms with van der Waals surface area (Å²) in [7, 11) is 0. The number of aliphatic hydroxyl groups is 4. The van der Waals surface area contributed by atoms with E-state index in [1.54, 1.807) is 12.1 Å². The molecule has 19 heteroatoms. The first-order valence-electron chi connectivity index (χ1n) is 22.5. The Hall–Kier alpha value is -6.28. The number of benzene rings is 3. The van der Waals surface area contributed by atoms with Crippen LogP contribution in [0.5, 0.6) is 0 Å². The summed E-state index contributed by atoms with van der Waals surface area (Å²) < 4.78 is 25.9. The molecule has 362 valence electrons. The second kappa shape index (κ2) is 23.0. The standard InChI is InChI=1S/C16H22N2O5.2C16H19NO5/c17-14(20)13(19)12(9-16(22)7-4-8-16)18-15(21)23-10-11-5-2-1-3-6-11;18-12-9-16(7-4-8-16)22-14(19)13(12)17-15(20)21-10-11-5-2-1-3-6-11;18-13-12(9-16(7-4-8-16)22-14(13)19)17-15(20)21-10-11-5-2-1-3-6-11/h1-3,5-6,12-13,19,22H,4,7-10H2,(H2,17,20)(H,18,21);2*1-3,5-6,12-13,18H,4,7-10H2,(H,17,20)/t;2*12-,13?/m.00/s1. The normalized spacial score (nSPS) is 23.3. The second-order valence-corrected chi connectivity index (χ2v) is 17.8. The Bertz CT molecular complexity index is 2130. The number of nitrogens with one attached hydrogen (secondary N) is 3. The molecule has 3 saturated carbocycles. The smallest absolute Gasteiger partial charge is 0.408 e. The van der Waals surface area contributed by atoms with Gasteiger partial charge in [-0.25, -0.2) is 24.0 Å². The summed E-state index contributed by atoms with van der Waals surface area (Å²) in [6, 6.07) is 24.9. The van der Waals surface area contributed by atoms with Gasteiger partial charge in [0.05, 0.1) is 23.8 Å². The third-order valence-electron chi connectivity index (χ3n) is 12.7. The molecule has 2 heterocycles. The van der Waals surface area contributed by atoms with Crippen LogP contribution >= 0.6 is 0 Å². The first-order chi connectivity index (χ1) is 32.1. The Morgan fingerprint density at radius 2 is 1.07 bits per heavy atom. The van der Waals surface area contributed by atoms with Crippen LogP contribution in [0.25, 0.3) is 0 Å². The summed E-state index contributed by atoms with van der Waals surface area (Å²) in [6.45, 7) is 0.315. The number of carbonyl (C=O) groups is 6. The predicted molar refractivity (Wildman–Crippen MR) is 236 cm³/mol. The molecule has 0 bridgehead atoms. The molecule has 0 aromatic heterocycles. The summed E-state index contributed by atoms with van der Waals surface area (Å²) in [5.74, 6) is -2.21. The molecule has 3 aromatic rings. The summed E-state index contributed by atoms with van der Waals surface area (Å²) in [5, 5.41) is 47.4. The van der Waals surface area contributed by atoms with Crippen LogP contribution in [0.3, 0.4) is 0 Å². The van der Waals surface area contributed by atoms with E-state index in [1.165, 1.54) is 0 Å². The molecule has 0 radical (unpaired) electrons. The Labute approximate surface area is 387 Å². The van der Waals surface area contributed by atoms with Crippen molar-refractivity contribution >= 4 is 36.1 Å². The van der Waals surface area contributed by atoms with Gasteiger partial charge in [0.25, 0.3) is 0 Å². The van der Waals surface area contributed by atoms with Gasteiger partial charge in [-0.15, -0.1) is 0 Å². The number of hydrogen-bond acceptors (Lipinski definition) is 15. The molecule has 2 aliphatic heterocycles. The maximum absolute atomic E-state index is 12.0. The third-order valence-corrected chi connectivity index (χ3v) is 12.7. The molecule has 2 spiro atoms. The van der Waals surface area contributed by atoms with E-state index in [9.17, 15) is 49.2 Å². The predicted octanol–water partition coefficient (Wildman–Crippen LogP) is 3.46. The molecule has 5 aliphatic rings. The minimum atomic E-state index is -1.58. The Kier molecular flexibility index (Phi) is 17.2. The van der Waals surface area contributed by atoms with E-state index in [1.807, 2.05) is 78.9 Å². The van der Waals surface area contributed by atoms with Gasteiger partial charge in [-0.1, -0.05) is 91.0 Å². The number of carbonyl (C=O) groups excluding carboxylic acids is 6. The van der Waals surface area contributed by atoms with E-state index in [2.05, 4.69) is 16.0 Å². The highest BCUT2D eigenvalue weighted by molar-refractivity contribution is 5.83. The third kappa shape index (κ3) is 14.4. The van der Waals surface area contributed by atoms with E-state index in [0.717, 1.165) is 61.6 Å². The zero-order chi connectivity index (χ0) is 48.0. The van der Waals surface area contributed by atoms with Crippen LogP contribution in [0, 0.1) is 0 Å². The lowest BCUT2D eigenvalue weighted by molar-refractivity contribution is -0.197. The minimum absolute atomic E-state index is 0.0531. The molecular weight excluding hydrogens is 873 g/mol. The van der Waals surface area contributed by atoms with Gasteiger partial charge >= 0.3 is 30.2 Å². The van der Waals surface area contributed by atoms with Crippen LogP contribution in [-0.4, -0.2) is 110 Å². The fraction of sp³-hybridized carbons (Fsp3) is 0.500. The highest BCUT2D eigenvalue weighted by Crippen LogP contribution is 2.44. The van der Waals surface area contributed by atoms with Crippen LogP contribution in [-0.2, 0) is 57.9 Å². The lowest BCUT2D eigenvalue weighted by Gasteiger charge is -2.47. The molecule has 19 nitrogen and oxygen atoms in total. The Morgan fingerprint density at radius 1 is 0.642 bits per heavy atom. The molecule has 2 saturated heterocycles. The van der Waals surface area contributed by atoms with Gasteiger partial charge in [-0.3, -0.25) is 4.79 Å². The van der Waals surface area contributed by atoms with E-state index in [-0.39, 0.29) is 26.2 Å². The van der Waals surface area contributed by atoms with E-state index in [0.29, 0.717) is 25.7 Å². The zero-order valence-electron chi connectivity index (χ0n) is 37.1. The molecule has 3 aromatic carbocycles. The van der Waals surface area contributed by atoms with Gasteiger partial charge < -0.3 is 65.8 Å². The number of esters is 2. The van der Waals surface area contributed by atoms with E-state index >= 15 is 0 Å². The van der Waals surface area contributed by atoms with Crippen molar-refractivity contribution in [3.05, 3.63) is 108 Å². The molecule has 6 atom stereocenters. The Balaban J connectivity index is 0.000000166. The van der Waals surface area contributed by atoms with Gasteiger partial charge in [0, 0.05) is 12.8 Å². The number of amides is 4. The lowest BCUT2D eigenvalue weighted by Crippen LogP contribution is -2.60. The van der Waals surface area contributed by atoms with Crippen molar-refractivity contribution in [2.45, 2.75) is 150 Å². The summed E-state index contributed by atoms with van der Waals surface area (Å²) in [6.07, 6.45) is 1.94. The average molecular weight is 933 g/mol. The lowest BCUT2D eigenvalue weighted by atomic mass is 9.73. The molecule has 8 rings (SSSR count). The summed E-state index contributed by atoms with van der Waals surface area (Å²) in [5.41, 5.74) is 5.63. The average Bonchev–Trinajstić information content (AvgIpc) is 3.29. The number of alkyl carbamates (subject to hydrolysis) is 3. The van der Waals surface area contributed by atoms with Gasteiger partial charge in [0.1, 0.15) is 31.0 Å². The number of aliphatic hydroxyl groups excluding tert-OH is 3. The fourth-order valence-corrected chi connectivity index (χ4v) is 8.37. The van der Waals surface area contributed by atoms with Crippen molar-refractivity contribution in [1.82, 2.24) is 16.0 Å². The number of primary amides is 1. The number of ether oxygens (including phenoxy) is 5. The van der Waals surface area contributed by atoms with Gasteiger partial charge in [-0.2, -0.15) is 0 Å². The van der Waals surface area contributed by atoms with Crippen LogP contribution in [0.15, 0.2) is 91.0 Å². The SMILES string of the molecule is NC(=O)C(O)C(CC1(O)CCC1)NC(=O)OCc1ccccc1.O=C(NC1C(=O)OC2(CCC2)C[C@@H]1O)OCc1ccccc1.O=C(N[C@H]1CC2(CCC2)OC(=O)C1O)OCc1ccccc1. The number of nitrogens with two attached hydrogens (primary N) is 1. The monoisotopic (exact) mass is 932 g/mol. The van der Waals surface area contributed by atoms with Crippen LogP contribution < -0.4 is 21.7 Å². The fourth-order valence-electron chi connectivity index (χ4n) is 8.37. The molecule has 5 fully saturated rings. The first-order valence-corrected chi connectivity index (χ1v) is 22.5. The van der Waals surface area contributed by atoms with Crippen LogP contribution in [0.1, 0.15) is 93.7 Å². The van der Waals surface area contributed by atoms with Gasteiger partial charge in [-0.05, 0) is 80.9 Å². The summed E-state index contributed by atoms with van der Waals surface area (Å²) >= 11 is 0. The second-order valence-electron chi connectivity index (χ2n) is 17.8. The molecule has 67 heavy (non-hydrogen) atoms. The number of hydrogen-bond donors (Lipinski definition) is 8. The van der Waals surface area contributed by atoms with Gasteiger partial charge in [0.2, 0.25) is 5.91 Å². The highest BCUT2D eigenvalue weighted by atomic mass is 16.6. The van der Waals surface area contributed by atoms with Crippen LogP contribution in [0.2, 0.25) is 0 Å². The molecule has 4 unspecified atom stereocenters. The topological polar surface area (TPSA) is 292 Å². The maximum atomic E-state index is 12.0. The van der Waals surface area contributed by atoms with Crippen molar-refractivity contribution in [3.8, 4) is 0 Å². The van der Waals surface area contributed by atoms with Crippen molar-refractivity contribution in [3.63, 3.8) is 0 Å². The quantitative estimate of drug-likeness (QED) is 0.0900. The molecule has 3 aliphatic carbocycles. The molecular formula is C48H60N4O15. The summed E-state index contributed by atoms with van der Waals surface area (Å²) in [4.78, 5) is 70.4. The van der Waals surface area contributed by atoms with E-state index in [4.69, 9.17) is 29.4 Å². The van der Waals surface area contributed by atoms with Gasteiger partial charge in [0.15, 0.2) is 18.2 Å².